The molecule has 1 heterocycles. The van der Waals surface area contributed by atoms with Gasteiger partial charge in [-0.15, -0.1) is 0 Å². The Kier molecular flexibility index (Phi) is 4.25. The van der Waals surface area contributed by atoms with Gasteiger partial charge in [-0.1, -0.05) is 24.3 Å². The first-order valence-electron chi connectivity index (χ1n) is 7.31. The van der Waals surface area contributed by atoms with Gasteiger partial charge in [0.15, 0.2) is 5.78 Å². The molecule has 23 heavy (non-hydrogen) atoms. The van der Waals surface area contributed by atoms with Crippen molar-refractivity contribution >= 4 is 22.8 Å². The number of phenols is 1. The summed E-state index contributed by atoms with van der Waals surface area (Å²) in [6.45, 7) is 0.422. The third kappa shape index (κ3) is 3.17. The van der Waals surface area contributed by atoms with Crippen LogP contribution in [0.5, 0.6) is 5.75 Å². The third-order valence-electron chi connectivity index (χ3n) is 3.52. The largest absolute Gasteiger partial charge is 0.508 e. The van der Waals surface area contributed by atoms with Gasteiger partial charge in [0.05, 0.1) is 24.2 Å². The number of hydrogen-bond donors (Lipinski definition) is 3. The predicted molar refractivity (Wildman–Crippen MR) is 87.7 cm³/mol. The number of aromatic hydroxyl groups is 1. The number of para-hydroxylation sites is 2. The maximum absolute atomic E-state index is 12.5. The van der Waals surface area contributed by atoms with Crippen LogP contribution in [0.25, 0.3) is 11.0 Å². The highest BCUT2D eigenvalue weighted by atomic mass is 16.3. The minimum absolute atomic E-state index is 0.0241. The number of hydrogen-bond acceptors (Lipinski definition) is 5. The van der Waals surface area contributed by atoms with Gasteiger partial charge in [0.2, 0.25) is 5.95 Å². The van der Waals surface area contributed by atoms with Crippen LogP contribution in [-0.4, -0.2) is 38.7 Å². The monoisotopic (exact) mass is 311 g/mol. The van der Waals surface area contributed by atoms with E-state index in [9.17, 15) is 9.90 Å². The second kappa shape index (κ2) is 6.50. The summed E-state index contributed by atoms with van der Waals surface area (Å²) >= 11 is 0. The van der Waals surface area contributed by atoms with Crippen LogP contribution in [0.3, 0.4) is 0 Å². The van der Waals surface area contributed by atoms with E-state index in [1.807, 2.05) is 24.3 Å². The summed E-state index contributed by atoms with van der Waals surface area (Å²) in [6.07, 6.45) is 0. The summed E-state index contributed by atoms with van der Waals surface area (Å²) in [5.41, 5.74) is 2.05. The quantitative estimate of drug-likeness (QED) is 0.606. The average Bonchev–Trinajstić information content (AvgIpc) is 2.90. The van der Waals surface area contributed by atoms with Gasteiger partial charge in [0.1, 0.15) is 5.75 Å². The van der Waals surface area contributed by atoms with Crippen LogP contribution < -0.4 is 5.32 Å². The van der Waals surface area contributed by atoms with E-state index in [1.54, 1.807) is 16.7 Å². The van der Waals surface area contributed by atoms with Gasteiger partial charge in [-0.3, -0.25) is 4.79 Å². The smallest absolute Gasteiger partial charge is 0.204 e. The number of anilines is 1. The van der Waals surface area contributed by atoms with E-state index in [0.29, 0.717) is 18.1 Å². The van der Waals surface area contributed by atoms with Crippen molar-refractivity contribution in [3.63, 3.8) is 0 Å². The van der Waals surface area contributed by atoms with Crippen LogP contribution in [-0.2, 0) is 6.54 Å². The molecule has 0 spiro atoms. The minimum atomic E-state index is -0.129. The molecule has 0 bridgehead atoms. The van der Waals surface area contributed by atoms with E-state index in [-0.39, 0.29) is 24.7 Å². The summed E-state index contributed by atoms with van der Waals surface area (Å²) in [5.74, 6) is 0.467. The maximum Gasteiger partial charge on any atom is 0.204 e. The molecule has 0 saturated carbocycles. The molecule has 0 aliphatic rings. The molecule has 0 amide bonds. The zero-order chi connectivity index (χ0) is 16.2. The summed E-state index contributed by atoms with van der Waals surface area (Å²) in [7, 11) is 0. The molecule has 0 radical (unpaired) electrons. The number of carbonyl (C=O) groups is 1. The molecule has 2 aromatic carbocycles. The lowest BCUT2D eigenvalue weighted by atomic mass is 10.1. The zero-order valence-corrected chi connectivity index (χ0v) is 12.4. The number of nitrogens with zero attached hydrogens (tertiary/aromatic N) is 2. The van der Waals surface area contributed by atoms with Crippen molar-refractivity contribution in [3.8, 4) is 5.75 Å². The lowest BCUT2D eigenvalue weighted by Crippen LogP contribution is -2.15. The van der Waals surface area contributed by atoms with Crippen molar-refractivity contribution in [1.82, 2.24) is 9.55 Å². The highest BCUT2D eigenvalue weighted by molar-refractivity contribution is 5.97. The Bertz CT molecular complexity index is 842. The molecule has 6 heteroatoms. The number of imidazole rings is 1. The molecule has 0 unspecified atom stereocenters. The van der Waals surface area contributed by atoms with Crippen molar-refractivity contribution in [2.45, 2.75) is 6.54 Å². The van der Waals surface area contributed by atoms with Gasteiger partial charge in [0.25, 0.3) is 0 Å². The fraction of sp³-hybridized carbons (Fsp3) is 0.176. The van der Waals surface area contributed by atoms with Gasteiger partial charge in [-0.25, -0.2) is 4.98 Å². The molecule has 0 fully saturated rings. The minimum Gasteiger partial charge on any atom is -0.508 e. The number of nitrogens with one attached hydrogen (secondary N) is 1. The van der Waals surface area contributed by atoms with Crippen LogP contribution in [0.1, 0.15) is 10.4 Å². The molecule has 1 aromatic heterocycles. The van der Waals surface area contributed by atoms with Gasteiger partial charge >= 0.3 is 0 Å². The molecule has 0 saturated heterocycles. The highest BCUT2D eigenvalue weighted by Crippen LogP contribution is 2.21. The topological polar surface area (TPSA) is 87.4 Å². The Morgan fingerprint density at radius 3 is 2.78 bits per heavy atom. The molecular weight excluding hydrogens is 294 g/mol. The lowest BCUT2D eigenvalue weighted by Gasteiger charge is -2.10. The summed E-state index contributed by atoms with van der Waals surface area (Å²) < 4.78 is 1.78. The van der Waals surface area contributed by atoms with E-state index in [0.717, 1.165) is 11.0 Å². The predicted octanol–water partition coefficient (Wildman–Crippen LogP) is 2.03. The SMILES string of the molecule is O=C(Cn1c(NCCO)nc2ccccc21)c1cccc(O)c1. The first-order valence-corrected chi connectivity index (χ1v) is 7.31. The van der Waals surface area contributed by atoms with Crippen molar-refractivity contribution in [3.05, 3.63) is 54.1 Å². The van der Waals surface area contributed by atoms with Crippen molar-refractivity contribution < 1.29 is 15.0 Å². The summed E-state index contributed by atoms with van der Waals surface area (Å²) in [4.78, 5) is 17.0. The van der Waals surface area contributed by atoms with E-state index < -0.39 is 0 Å². The molecule has 3 rings (SSSR count). The van der Waals surface area contributed by atoms with Crippen molar-refractivity contribution in [2.75, 3.05) is 18.5 Å². The number of carbonyl (C=O) groups excluding carboxylic acids is 1. The number of benzene rings is 2. The molecule has 3 aromatic rings. The van der Waals surface area contributed by atoms with Gasteiger partial charge < -0.3 is 20.1 Å². The number of rotatable bonds is 6. The Balaban J connectivity index is 1.96. The molecular formula is C17H17N3O3. The van der Waals surface area contributed by atoms with Gasteiger partial charge in [0, 0.05) is 12.1 Å². The zero-order valence-electron chi connectivity index (χ0n) is 12.4. The third-order valence-corrected chi connectivity index (χ3v) is 3.52. The maximum atomic E-state index is 12.5. The number of fused-ring (bicyclic) bond motifs is 1. The lowest BCUT2D eigenvalue weighted by molar-refractivity contribution is 0.0973. The van der Waals surface area contributed by atoms with Crippen molar-refractivity contribution in [1.29, 1.82) is 0 Å². The summed E-state index contributed by atoms with van der Waals surface area (Å²) in [5, 5.41) is 21.5. The van der Waals surface area contributed by atoms with Crippen LogP contribution in [0, 0.1) is 0 Å². The fourth-order valence-corrected chi connectivity index (χ4v) is 2.45. The van der Waals surface area contributed by atoms with E-state index in [4.69, 9.17) is 5.11 Å². The van der Waals surface area contributed by atoms with Crippen LogP contribution in [0.4, 0.5) is 5.95 Å². The standard InChI is InChI=1S/C17H17N3O3/c21-9-8-18-17-19-14-6-1-2-7-15(14)20(17)11-16(23)12-4-3-5-13(22)10-12/h1-7,10,21-22H,8-9,11H2,(H,18,19). The average molecular weight is 311 g/mol. The van der Waals surface area contributed by atoms with Gasteiger partial charge in [-0.05, 0) is 24.3 Å². The Morgan fingerprint density at radius 1 is 1.17 bits per heavy atom. The van der Waals surface area contributed by atoms with E-state index in [1.165, 1.54) is 12.1 Å². The number of aromatic nitrogens is 2. The number of aliphatic hydroxyl groups excluding tert-OH is 1. The highest BCUT2D eigenvalue weighted by Gasteiger charge is 2.14. The van der Waals surface area contributed by atoms with Crippen molar-refractivity contribution in [2.24, 2.45) is 0 Å². The van der Waals surface area contributed by atoms with E-state index >= 15 is 0 Å². The molecule has 0 aliphatic carbocycles. The van der Waals surface area contributed by atoms with Crippen LogP contribution >= 0.6 is 0 Å². The molecule has 3 N–H and O–H groups in total. The number of ketones is 1. The first-order chi connectivity index (χ1) is 11.2. The number of Topliss-reactive ketones (excluding diaryl/α,β-unsaturated/α-hetero) is 1. The number of phenolic OH excluding ortho intramolecular Hbond substituents is 1. The molecule has 0 atom stereocenters. The Hall–Kier alpha value is -2.86. The second-order valence-corrected chi connectivity index (χ2v) is 5.13. The summed E-state index contributed by atoms with van der Waals surface area (Å²) in [6, 6.07) is 13.8. The first kappa shape index (κ1) is 15.1. The van der Waals surface area contributed by atoms with Gasteiger partial charge in [-0.2, -0.15) is 0 Å². The van der Waals surface area contributed by atoms with Crippen LogP contribution in [0.2, 0.25) is 0 Å². The van der Waals surface area contributed by atoms with Crippen LogP contribution in [0.15, 0.2) is 48.5 Å². The number of aliphatic hydroxyl groups is 1. The fourth-order valence-electron chi connectivity index (χ4n) is 2.45. The normalized spacial score (nSPS) is 10.8. The Labute approximate surface area is 133 Å². The molecule has 118 valence electrons. The second-order valence-electron chi connectivity index (χ2n) is 5.13. The van der Waals surface area contributed by atoms with E-state index in [2.05, 4.69) is 10.3 Å². The molecule has 0 aliphatic heterocycles. The molecule has 6 nitrogen and oxygen atoms in total. The Morgan fingerprint density at radius 2 is 2.00 bits per heavy atom.